The van der Waals surface area contributed by atoms with Crippen LogP contribution in [0.4, 0.5) is 16.2 Å². The molecule has 1 amide bonds. The van der Waals surface area contributed by atoms with E-state index in [-0.39, 0.29) is 18.5 Å². The first-order valence-corrected chi connectivity index (χ1v) is 14.2. The fraction of sp³-hybridized carbons (Fsp3) is 0.286. The number of nitrogens with one attached hydrogen (secondary N) is 1. The summed E-state index contributed by atoms with van der Waals surface area (Å²) in [7, 11) is 0. The van der Waals surface area contributed by atoms with Crippen molar-refractivity contribution < 1.29 is 19.0 Å². The minimum Gasteiger partial charge on any atom is -0.489 e. The van der Waals surface area contributed by atoms with Gasteiger partial charge in [0.25, 0.3) is 0 Å². The highest BCUT2D eigenvalue weighted by Crippen LogP contribution is 2.33. The van der Waals surface area contributed by atoms with E-state index >= 15 is 0 Å². The largest absolute Gasteiger partial charge is 0.489 e. The Hall–Kier alpha value is -4.16. The molecule has 2 aliphatic heterocycles. The molecule has 0 aromatic heterocycles. The lowest BCUT2D eigenvalue weighted by molar-refractivity contribution is 0.0584. The van der Waals surface area contributed by atoms with Crippen molar-refractivity contribution in [1.82, 2.24) is 0 Å². The average molecular weight is 587 g/mol. The molecule has 1 N–H and O–H groups in total. The van der Waals surface area contributed by atoms with Crippen LogP contribution in [0.5, 0.6) is 11.5 Å². The third-order valence-corrected chi connectivity index (χ3v) is 6.84. The van der Waals surface area contributed by atoms with E-state index in [0.29, 0.717) is 19.8 Å². The molecule has 2 heterocycles. The van der Waals surface area contributed by atoms with Gasteiger partial charge in [-0.1, -0.05) is 60.7 Å². The quantitative estimate of drug-likeness (QED) is 0.247. The van der Waals surface area contributed by atoms with Gasteiger partial charge in [-0.3, -0.25) is 4.90 Å². The van der Waals surface area contributed by atoms with Crippen molar-refractivity contribution >= 4 is 29.9 Å². The number of rotatable bonds is 6. The molecule has 42 heavy (non-hydrogen) atoms. The third kappa shape index (κ3) is 8.43. The number of anilines is 2. The highest BCUT2D eigenvalue weighted by molar-refractivity contribution is 5.90. The van der Waals surface area contributed by atoms with Gasteiger partial charge in [-0.2, -0.15) is 0 Å². The Morgan fingerprint density at radius 3 is 1.93 bits per heavy atom. The van der Waals surface area contributed by atoms with Crippen molar-refractivity contribution in [3.05, 3.63) is 119 Å². The Kier molecular flexibility index (Phi) is 10.4. The van der Waals surface area contributed by atoms with Crippen molar-refractivity contribution in [3.8, 4) is 11.5 Å². The van der Waals surface area contributed by atoms with Crippen LogP contribution in [-0.4, -0.2) is 24.8 Å². The third-order valence-electron chi connectivity index (χ3n) is 6.84. The van der Waals surface area contributed by atoms with Gasteiger partial charge in [-0.15, -0.1) is 12.4 Å². The molecule has 4 aromatic rings. The van der Waals surface area contributed by atoms with Crippen LogP contribution in [0.25, 0.3) is 0 Å². The van der Waals surface area contributed by atoms with Crippen LogP contribution in [0.15, 0.2) is 97.1 Å². The van der Waals surface area contributed by atoms with Crippen LogP contribution in [0.1, 0.15) is 43.0 Å². The average Bonchev–Trinajstić information content (AvgIpc) is 3.62. The summed E-state index contributed by atoms with van der Waals surface area (Å²) < 4.78 is 17.1. The summed E-state index contributed by atoms with van der Waals surface area (Å²) in [5.41, 5.74) is 6.48. The summed E-state index contributed by atoms with van der Waals surface area (Å²) in [5.74, 6) is 1.78. The Labute approximate surface area is 255 Å². The molecule has 0 saturated carbocycles. The first-order chi connectivity index (χ1) is 19.8. The van der Waals surface area contributed by atoms with Gasteiger partial charge in [-0.05, 0) is 92.3 Å². The van der Waals surface area contributed by atoms with E-state index in [9.17, 15) is 4.79 Å². The summed E-state index contributed by atoms with van der Waals surface area (Å²) in [4.78, 5) is 14.0. The van der Waals surface area contributed by atoms with Gasteiger partial charge in [0, 0.05) is 18.8 Å². The number of nitrogens with zero attached hydrogens (tertiary/aromatic N) is 1. The highest BCUT2D eigenvalue weighted by Gasteiger charge is 2.29. The molecular weight excluding hydrogens is 548 g/mol. The van der Waals surface area contributed by atoms with Crippen LogP contribution >= 0.6 is 12.4 Å². The number of carbonyl (C=O) groups is 1. The van der Waals surface area contributed by atoms with E-state index in [4.69, 9.17) is 14.2 Å². The van der Waals surface area contributed by atoms with Crippen LogP contribution in [-0.2, 0) is 30.8 Å². The second-order valence-electron chi connectivity index (χ2n) is 11.2. The highest BCUT2D eigenvalue weighted by atomic mass is 35.5. The standard InChI is InChI=1S/C20H23NO3.C15H15NO.ClH/c1-20(2,3)24-19(22)21-12-11-16-13-17(9-10-18(16)21)23-14-15-7-5-4-6-8-15;1-2-4-12(5-3-1)11-17-14-6-7-15-13(10-14)8-9-16-15;/h4-10,13H,11-12,14H2,1-3H3;1-7,10,16H,8-9,11H2;1H. The van der Waals surface area contributed by atoms with Gasteiger partial charge in [0.2, 0.25) is 0 Å². The maximum Gasteiger partial charge on any atom is 0.414 e. The summed E-state index contributed by atoms with van der Waals surface area (Å²) >= 11 is 0. The summed E-state index contributed by atoms with van der Waals surface area (Å²) in [6, 6.07) is 32.4. The minimum absolute atomic E-state index is 0. The van der Waals surface area contributed by atoms with Gasteiger partial charge in [0.05, 0.1) is 5.69 Å². The molecule has 0 saturated heterocycles. The van der Waals surface area contributed by atoms with Crippen molar-refractivity contribution in [2.24, 2.45) is 0 Å². The lowest BCUT2D eigenvalue weighted by Crippen LogP contribution is -2.35. The number of hydrogen-bond acceptors (Lipinski definition) is 5. The SMILES string of the molecule is CC(C)(C)OC(=O)N1CCc2cc(OCc3ccccc3)ccc21.Cl.c1ccc(COc2ccc3c(c2)CCN3)cc1. The van der Waals surface area contributed by atoms with Crippen molar-refractivity contribution in [2.75, 3.05) is 23.3 Å². The van der Waals surface area contributed by atoms with E-state index in [1.165, 1.54) is 16.8 Å². The number of hydrogen-bond donors (Lipinski definition) is 1. The molecule has 0 spiro atoms. The maximum atomic E-state index is 12.3. The van der Waals surface area contributed by atoms with E-state index in [1.807, 2.05) is 93.6 Å². The van der Waals surface area contributed by atoms with Crippen molar-refractivity contribution in [1.29, 1.82) is 0 Å². The topological polar surface area (TPSA) is 60.0 Å². The van der Waals surface area contributed by atoms with Crippen LogP contribution in [0.3, 0.4) is 0 Å². The number of fused-ring (bicyclic) bond motifs is 2. The van der Waals surface area contributed by atoms with Gasteiger partial charge < -0.3 is 19.5 Å². The Morgan fingerprint density at radius 1 is 0.762 bits per heavy atom. The molecule has 0 atom stereocenters. The number of benzene rings is 4. The molecule has 0 bridgehead atoms. The molecule has 0 aliphatic carbocycles. The van der Waals surface area contributed by atoms with Gasteiger partial charge in [0.15, 0.2) is 0 Å². The predicted octanol–water partition coefficient (Wildman–Crippen LogP) is 8.22. The minimum atomic E-state index is -0.488. The maximum absolute atomic E-state index is 12.3. The molecular formula is C35H39ClN2O4. The fourth-order valence-electron chi connectivity index (χ4n) is 4.83. The lowest BCUT2D eigenvalue weighted by atomic mass is 10.1. The molecule has 0 unspecified atom stereocenters. The Morgan fingerprint density at radius 2 is 1.33 bits per heavy atom. The van der Waals surface area contributed by atoms with E-state index < -0.39 is 5.60 Å². The Balaban J connectivity index is 0.000000198. The summed E-state index contributed by atoms with van der Waals surface area (Å²) in [5, 5.41) is 3.35. The van der Waals surface area contributed by atoms with Crippen molar-refractivity contribution in [3.63, 3.8) is 0 Å². The van der Waals surface area contributed by atoms with Crippen LogP contribution in [0.2, 0.25) is 0 Å². The van der Waals surface area contributed by atoms with E-state index in [1.54, 1.807) is 4.90 Å². The first kappa shape index (κ1) is 30.8. The van der Waals surface area contributed by atoms with Gasteiger partial charge >= 0.3 is 6.09 Å². The van der Waals surface area contributed by atoms with Crippen LogP contribution in [0, 0.1) is 0 Å². The molecule has 6 nitrogen and oxygen atoms in total. The van der Waals surface area contributed by atoms with Crippen LogP contribution < -0.4 is 19.7 Å². The molecule has 2 aliphatic rings. The van der Waals surface area contributed by atoms with Crippen molar-refractivity contribution in [2.45, 2.75) is 52.4 Å². The smallest absolute Gasteiger partial charge is 0.414 e. The van der Waals surface area contributed by atoms with E-state index in [2.05, 4.69) is 29.6 Å². The lowest BCUT2D eigenvalue weighted by Gasteiger charge is -2.24. The molecule has 7 heteroatoms. The predicted molar refractivity (Wildman–Crippen MR) is 171 cm³/mol. The second-order valence-corrected chi connectivity index (χ2v) is 11.2. The number of carbonyl (C=O) groups excluding carboxylic acids is 1. The zero-order valence-electron chi connectivity index (χ0n) is 24.5. The number of amides is 1. The van der Waals surface area contributed by atoms with E-state index in [0.717, 1.165) is 47.7 Å². The molecule has 4 aromatic carbocycles. The molecule has 6 rings (SSSR count). The summed E-state index contributed by atoms with van der Waals surface area (Å²) in [6.45, 7) is 8.49. The monoisotopic (exact) mass is 586 g/mol. The zero-order valence-corrected chi connectivity index (χ0v) is 25.3. The molecule has 0 radical (unpaired) electrons. The second kappa shape index (κ2) is 14.1. The normalized spacial score (nSPS) is 13.0. The Bertz CT molecular complexity index is 1460. The molecule has 220 valence electrons. The first-order valence-electron chi connectivity index (χ1n) is 14.2. The zero-order chi connectivity index (χ0) is 28.7. The number of halogens is 1. The van der Waals surface area contributed by atoms with Gasteiger partial charge in [-0.25, -0.2) is 4.79 Å². The van der Waals surface area contributed by atoms with Gasteiger partial charge in [0.1, 0.15) is 30.3 Å². The fourth-order valence-corrected chi connectivity index (χ4v) is 4.83. The summed E-state index contributed by atoms with van der Waals surface area (Å²) in [6.07, 6.45) is 1.62. The number of ether oxygens (including phenoxy) is 3. The molecule has 0 fully saturated rings.